The van der Waals surface area contributed by atoms with Crippen molar-refractivity contribution in [2.75, 3.05) is 19.7 Å². The number of likely N-dealkylation sites (N-methyl/N-ethyl adjacent to an activating group) is 1. The number of aliphatic carboxylic acids is 1. The van der Waals surface area contributed by atoms with Crippen LogP contribution in [0, 0.1) is 0 Å². The Bertz CT molecular complexity index is 533. The summed E-state index contributed by atoms with van der Waals surface area (Å²) in [6.45, 7) is 5.77. The molecule has 0 saturated carbocycles. The molecule has 200 valence electrons. The second-order valence-electron chi connectivity index (χ2n) is 9.47. The lowest BCUT2D eigenvalue weighted by molar-refractivity contribution is -0.215. The first-order chi connectivity index (χ1) is 16.5. The highest BCUT2D eigenvalue weighted by Crippen LogP contribution is 2.21. The number of carboxylic acid groups (broad SMARTS) is 1. The van der Waals surface area contributed by atoms with Crippen molar-refractivity contribution >= 4 is 11.9 Å². The summed E-state index contributed by atoms with van der Waals surface area (Å²) in [7, 11) is 0. The van der Waals surface area contributed by atoms with E-state index in [2.05, 4.69) is 17.6 Å². The standard InChI is InChI=1S/C26H50N2O6/c1-3-5-6-7-8-9-10-11-12-15-18-33-24-20-21(29)19-23(34-24)25(30)28-17-14-13-16-22(26(31)32)27-4-2/h21-24,27,29H,3-20H2,1-2H3,(H,28,30)(H,31,32)/t21-,22?,23-,24?/m0/s1. The smallest absolute Gasteiger partial charge is 0.320 e. The van der Waals surface area contributed by atoms with Gasteiger partial charge in [0.25, 0.3) is 0 Å². The van der Waals surface area contributed by atoms with E-state index in [-0.39, 0.29) is 12.3 Å². The molecule has 1 heterocycles. The number of aliphatic hydroxyl groups is 1. The molecule has 0 aliphatic carbocycles. The van der Waals surface area contributed by atoms with Crippen molar-refractivity contribution in [3.05, 3.63) is 0 Å². The summed E-state index contributed by atoms with van der Waals surface area (Å²) in [5.41, 5.74) is 0. The first-order valence-corrected chi connectivity index (χ1v) is 13.7. The van der Waals surface area contributed by atoms with Crippen molar-refractivity contribution in [3.63, 3.8) is 0 Å². The molecule has 8 heteroatoms. The average Bonchev–Trinajstić information content (AvgIpc) is 2.81. The molecule has 4 atom stereocenters. The summed E-state index contributed by atoms with van der Waals surface area (Å²) in [6.07, 6.45) is 13.3. The molecule has 0 radical (unpaired) electrons. The molecular weight excluding hydrogens is 436 g/mol. The normalized spacial score (nSPS) is 21.3. The van der Waals surface area contributed by atoms with Crippen LogP contribution in [0.15, 0.2) is 0 Å². The van der Waals surface area contributed by atoms with E-state index in [4.69, 9.17) is 14.6 Å². The number of hydrogen-bond donors (Lipinski definition) is 4. The predicted molar refractivity (Wildman–Crippen MR) is 134 cm³/mol. The molecule has 0 aromatic carbocycles. The summed E-state index contributed by atoms with van der Waals surface area (Å²) in [6, 6.07) is -0.550. The largest absolute Gasteiger partial charge is 0.480 e. The fourth-order valence-electron chi connectivity index (χ4n) is 4.30. The lowest BCUT2D eigenvalue weighted by atomic mass is 10.0. The van der Waals surface area contributed by atoms with Gasteiger partial charge in [0.1, 0.15) is 12.1 Å². The highest BCUT2D eigenvalue weighted by molar-refractivity contribution is 5.80. The van der Waals surface area contributed by atoms with Crippen molar-refractivity contribution in [1.29, 1.82) is 0 Å². The second-order valence-corrected chi connectivity index (χ2v) is 9.47. The van der Waals surface area contributed by atoms with Crippen molar-refractivity contribution < 1.29 is 29.3 Å². The fourth-order valence-corrected chi connectivity index (χ4v) is 4.30. The van der Waals surface area contributed by atoms with Gasteiger partial charge in [-0.25, -0.2) is 0 Å². The van der Waals surface area contributed by atoms with Gasteiger partial charge in [-0.1, -0.05) is 71.6 Å². The minimum Gasteiger partial charge on any atom is -0.480 e. The maximum Gasteiger partial charge on any atom is 0.320 e. The molecule has 1 fully saturated rings. The van der Waals surface area contributed by atoms with E-state index in [1.807, 2.05) is 6.92 Å². The number of aliphatic hydroxyl groups excluding tert-OH is 1. The SMILES string of the molecule is CCCCCCCCCCCCOC1C[C@@H](O)C[C@@H](C(=O)NCCCCC(NCC)C(=O)O)O1. The zero-order valence-corrected chi connectivity index (χ0v) is 21.6. The van der Waals surface area contributed by atoms with E-state index in [9.17, 15) is 14.7 Å². The van der Waals surface area contributed by atoms with Crippen LogP contribution in [0.5, 0.6) is 0 Å². The third kappa shape index (κ3) is 14.9. The summed E-state index contributed by atoms with van der Waals surface area (Å²) in [5.74, 6) is -1.09. The Hall–Kier alpha value is -1.22. The maximum atomic E-state index is 12.4. The van der Waals surface area contributed by atoms with Crippen molar-refractivity contribution in [2.24, 2.45) is 0 Å². The topological polar surface area (TPSA) is 117 Å². The van der Waals surface area contributed by atoms with Crippen LogP contribution < -0.4 is 10.6 Å². The molecule has 0 aromatic rings. The van der Waals surface area contributed by atoms with Gasteiger partial charge in [0, 0.05) is 26.0 Å². The lowest BCUT2D eigenvalue weighted by Gasteiger charge is -2.32. The Morgan fingerprint density at radius 1 is 0.941 bits per heavy atom. The summed E-state index contributed by atoms with van der Waals surface area (Å²) >= 11 is 0. The molecule has 1 amide bonds. The van der Waals surface area contributed by atoms with Crippen molar-refractivity contribution in [3.8, 4) is 0 Å². The molecule has 0 aromatic heterocycles. The Kier molecular flexibility index (Phi) is 18.1. The minimum atomic E-state index is -0.848. The Morgan fingerprint density at radius 2 is 1.59 bits per heavy atom. The van der Waals surface area contributed by atoms with Crippen LogP contribution in [0.3, 0.4) is 0 Å². The van der Waals surface area contributed by atoms with E-state index in [0.29, 0.717) is 45.4 Å². The summed E-state index contributed by atoms with van der Waals surface area (Å²) < 4.78 is 11.6. The Balaban J connectivity index is 2.12. The van der Waals surface area contributed by atoms with E-state index < -0.39 is 30.5 Å². The zero-order chi connectivity index (χ0) is 25.0. The van der Waals surface area contributed by atoms with Gasteiger partial charge in [-0.05, 0) is 32.2 Å². The number of hydrogen-bond acceptors (Lipinski definition) is 6. The van der Waals surface area contributed by atoms with Crippen molar-refractivity contribution in [2.45, 2.75) is 135 Å². The van der Waals surface area contributed by atoms with Gasteiger partial charge < -0.3 is 30.3 Å². The summed E-state index contributed by atoms with van der Waals surface area (Å²) in [5, 5.41) is 25.1. The van der Waals surface area contributed by atoms with Gasteiger partial charge in [-0.15, -0.1) is 0 Å². The molecule has 2 unspecified atom stereocenters. The van der Waals surface area contributed by atoms with Crippen molar-refractivity contribution in [1.82, 2.24) is 10.6 Å². The monoisotopic (exact) mass is 486 g/mol. The van der Waals surface area contributed by atoms with E-state index >= 15 is 0 Å². The third-order valence-corrected chi connectivity index (χ3v) is 6.33. The first kappa shape index (κ1) is 30.8. The Morgan fingerprint density at radius 3 is 2.21 bits per heavy atom. The summed E-state index contributed by atoms with van der Waals surface area (Å²) in [4.78, 5) is 23.6. The molecule has 1 saturated heterocycles. The van der Waals surface area contributed by atoms with Crippen LogP contribution in [-0.4, -0.2) is 66.3 Å². The molecule has 8 nitrogen and oxygen atoms in total. The Labute approximate surface area is 206 Å². The highest BCUT2D eigenvalue weighted by atomic mass is 16.7. The highest BCUT2D eigenvalue weighted by Gasteiger charge is 2.33. The number of rotatable bonds is 21. The third-order valence-electron chi connectivity index (χ3n) is 6.33. The maximum absolute atomic E-state index is 12.4. The molecule has 34 heavy (non-hydrogen) atoms. The van der Waals surface area contributed by atoms with Crippen LogP contribution in [0.2, 0.25) is 0 Å². The van der Waals surface area contributed by atoms with Crippen LogP contribution >= 0.6 is 0 Å². The number of carbonyl (C=O) groups is 2. The van der Waals surface area contributed by atoms with E-state index in [1.54, 1.807) is 0 Å². The molecule has 0 spiro atoms. The number of amides is 1. The molecule has 1 aliphatic heterocycles. The van der Waals surface area contributed by atoms with Gasteiger partial charge in [0.15, 0.2) is 6.29 Å². The zero-order valence-electron chi connectivity index (χ0n) is 21.6. The average molecular weight is 487 g/mol. The van der Waals surface area contributed by atoms with Crippen LogP contribution in [-0.2, 0) is 19.1 Å². The van der Waals surface area contributed by atoms with E-state index in [0.717, 1.165) is 12.8 Å². The van der Waals surface area contributed by atoms with Gasteiger partial charge in [-0.2, -0.15) is 0 Å². The van der Waals surface area contributed by atoms with Gasteiger partial charge in [0.05, 0.1) is 6.10 Å². The number of carbonyl (C=O) groups excluding carboxylic acids is 1. The molecule has 1 aliphatic rings. The fraction of sp³-hybridized carbons (Fsp3) is 0.923. The predicted octanol–water partition coefficient (Wildman–Crippen LogP) is 4.14. The molecule has 0 bridgehead atoms. The number of unbranched alkanes of at least 4 members (excludes halogenated alkanes) is 10. The molecule has 4 N–H and O–H groups in total. The van der Waals surface area contributed by atoms with Crippen LogP contribution in [0.25, 0.3) is 0 Å². The lowest BCUT2D eigenvalue weighted by Crippen LogP contribution is -2.46. The molecular formula is C26H50N2O6. The van der Waals surface area contributed by atoms with E-state index in [1.165, 1.54) is 51.4 Å². The quantitative estimate of drug-likeness (QED) is 0.180. The number of carboxylic acids is 1. The van der Waals surface area contributed by atoms with Crippen LogP contribution in [0.4, 0.5) is 0 Å². The number of ether oxygens (including phenoxy) is 2. The minimum absolute atomic E-state index is 0.243. The van der Waals surface area contributed by atoms with Crippen LogP contribution in [0.1, 0.15) is 110 Å². The van der Waals surface area contributed by atoms with Gasteiger partial charge in [0.2, 0.25) is 5.91 Å². The van der Waals surface area contributed by atoms with Gasteiger partial charge in [-0.3, -0.25) is 9.59 Å². The van der Waals surface area contributed by atoms with Gasteiger partial charge >= 0.3 is 5.97 Å². The number of nitrogens with one attached hydrogen (secondary N) is 2. The first-order valence-electron chi connectivity index (χ1n) is 13.7. The molecule has 1 rings (SSSR count). The second kappa shape index (κ2) is 20.0.